The average molecular weight is 346 g/mol. The van der Waals surface area contributed by atoms with E-state index in [0.717, 1.165) is 30.7 Å². The Kier molecular flexibility index (Phi) is 5.91. The fourth-order valence-corrected chi connectivity index (χ4v) is 5.22. The fourth-order valence-electron chi connectivity index (χ4n) is 3.96. The van der Waals surface area contributed by atoms with Gasteiger partial charge in [-0.3, -0.25) is 4.79 Å². The second kappa shape index (κ2) is 8.13. The third-order valence-electron chi connectivity index (χ3n) is 5.42. The zero-order chi connectivity index (χ0) is 16.9. The van der Waals surface area contributed by atoms with Gasteiger partial charge in [-0.25, -0.2) is 0 Å². The van der Waals surface area contributed by atoms with Crippen molar-refractivity contribution in [3.63, 3.8) is 0 Å². The Morgan fingerprint density at radius 2 is 2.00 bits per heavy atom. The molecule has 0 spiro atoms. The number of rotatable bonds is 4. The third kappa shape index (κ3) is 3.99. The van der Waals surface area contributed by atoms with Crippen LogP contribution in [0.4, 0.5) is 5.00 Å². The zero-order valence-corrected chi connectivity index (χ0v) is 15.3. The maximum Gasteiger partial charge on any atom is 0.238 e. The van der Waals surface area contributed by atoms with Crippen LogP contribution < -0.4 is 10.6 Å². The van der Waals surface area contributed by atoms with Crippen molar-refractivity contribution < 1.29 is 4.79 Å². The second-order valence-electron chi connectivity index (χ2n) is 7.18. The van der Waals surface area contributed by atoms with Gasteiger partial charge in [-0.1, -0.05) is 26.2 Å². The summed E-state index contributed by atoms with van der Waals surface area (Å²) in [5, 5.41) is 16.7. The first-order chi connectivity index (χ1) is 11.7. The van der Waals surface area contributed by atoms with E-state index in [2.05, 4.69) is 23.6 Å². The number of hydrogen-bond acceptors (Lipinski definition) is 4. The molecule has 1 heterocycles. The maximum absolute atomic E-state index is 12.3. The summed E-state index contributed by atoms with van der Waals surface area (Å²) in [5.41, 5.74) is 1.89. The highest BCUT2D eigenvalue weighted by atomic mass is 32.1. The highest BCUT2D eigenvalue weighted by molar-refractivity contribution is 7.16. The van der Waals surface area contributed by atoms with Crippen LogP contribution in [0.3, 0.4) is 0 Å². The van der Waals surface area contributed by atoms with Crippen LogP contribution in [-0.4, -0.2) is 18.5 Å². The van der Waals surface area contributed by atoms with E-state index in [0.29, 0.717) is 24.1 Å². The predicted molar refractivity (Wildman–Crippen MR) is 98.3 cm³/mol. The Hall–Kier alpha value is -1.38. The summed E-state index contributed by atoms with van der Waals surface area (Å²) in [4.78, 5) is 13.6. The highest BCUT2D eigenvalue weighted by Crippen LogP contribution is 2.36. The molecule has 1 aromatic heterocycles. The summed E-state index contributed by atoms with van der Waals surface area (Å²) in [7, 11) is 0. The molecule has 2 aliphatic rings. The monoisotopic (exact) mass is 345 g/mol. The Labute approximate surface area is 148 Å². The van der Waals surface area contributed by atoms with Crippen LogP contribution in [0.5, 0.6) is 0 Å². The van der Waals surface area contributed by atoms with E-state index in [4.69, 9.17) is 0 Å². The number of thiophene rings is 1. The standard InChI is InChI=1S/C19H27N3OS/c1-13-7-5-6-9-16(13)21-12-18(23)22-19-15(11-20)14-8-3-2-4-10-17(14)24-19/h13,16,21H,2-10,12H2,1H3,(H,22,23). The molecule has 3 rings (SSSR count). The Bertz CT molecular complexity index is 631. The number of amides is 1. The van der Waals surface area contributed by atoms with Gasteiger partial charge in [0.2, 0.25) is 5.91 Å². The Balaban J connectivity index is 1.61. The van der Waals surface area contributed by atoms with Crippen molar-refractivity contribution in [2.24, 2.45) is 5.92 Å². The molecule has 1 fully saturated rings. The molecular formula is C19H27N3OS. The predicted octanol–water partition coefficient (Wildman–Crippen LogP) is 4.00. The van der Waals surface area contributed by atoms with Crippen molar-refractivity contribution in [2.45, 2.75) is 70.8 Å². The van der Waals surface area contributed by atoms with Crippen LogP contribution in [0, 0.1) is 17.2 Å². The molecule has 2 unspecified atom stereocenters. The molecule has 1 saturated carbocycles. The summed E-state index contributed by atoms with van der Waals surface area (Å²) in [5.74, 6) is 0.611. The first kappa shape index (κ1) is 17.4. The number of nitrogens with zero attached hydrogens (tertiary/aromatic N) is 1. The molecule has 130 valence electrons. The Morgan fingerprint density at radius 3 is 2.79 bits per heavy atom. The minimum absolute atomic E-state index is 0.0271. The second-order valence-corrected chi connectivity index (χ2v) is 8.28. The van der Waals surface area contributed by atoms with E-state index in [1.54, 1.807) is 11.3 Å². The minimum atomic E-state index is -0.0271. The average Bonchev–Trinajstić information content (AvgIpc) is 2.74. The van der Waals surface area contributed by atoms with Gasteiger partial charge in [0.15, 0.2) is 0 Å². The first-order valence-corrected chi connectivity index (χ1v) is 10.1. The molecule has 4 nitrogen and oxygen atoms in total. The summed E-state index contributed by atoms with van der Waals surface area (Å²) in [6.07, 6.45) is 10.5. The van der Waals surface area contributed by atoms with Crippen LogP contribution >= 0.6 is 11.3 Å². The normalized spacial score (nSPS) is 23.8. The molecular weight excluding hydrogens is 318 g/mol. The third-order valence-corrected chi connectivity index (χ3v) is 6.63. The molecule has 0 aliphatic heterocycles. The molecule has 0 radical (unpaired) electrons. The van der Waals surface area contributed by atoms with E-state index < -0.39 is 0 Å². The molecule has 2 N–H and O–H groups in total. The lowest BCUT2D eigenvalue weighted by Crippen LogP contribution is -2.41. The summed E-state index contributed by atoms with van der Waals surface area (Å²) >= 11 is 1.61. The van der Waals surface area contributed by atoms with Crippen molar-refractivity contribution in [2.75, 3.05) is 11.9 Å². The van der Waals surface area contributed by atoms with Gasteiger partial charge in [-0.2, -0.15) is 5.26 Å². The topological polar surface area (TPSA) is 64.9 Å². The van der Waals surface area contributed by atoms with Gasteiger partial charge < -0.3 is 10.6 Å². The van der Waals surface area contributed by atoms with E-state index in [1.807, 2.05) is 0 Å². The molecule has 0 bridgehead atoms. The molecule has 5 heteroatoms. The van der Waals surface area contributed by atoms with Gasteiger partial charge in [0.1, 0.15) is 11.1 Å². The lowest BCUT2D eigenvalue weighted by atomic mass is 9.86. The smallest absolute Gasteiger partial charge is 0.238 e. The van der Waals surface area contributed by atoms with E-state index >= 15 is 0 Å². The van der Waals surface area contributed by atoms with Crippen LogP contribution in [0.15, 0.2) is 0 Å². The van der Waals surface area contributed by atoms with E-state index in [9.17, 15) is 10.1 Å². The fraction of sp³-hybridized carbons (Fsp3) is 0.684. The first-order valence-electron chi connectivity index (χ1n) is 9.27. The highest BCUT2D eigenvalue weighted by Gasteiger charge is 2.23. The number of nitriles is 1. The van der Waals surface area contributed by atoms with Crippen molar-refractivity contribution in [3.05, 3.63) is 16.0 Å². The van der Waals surface area contributed by atoms with E-state index in [-0.39, 0.29) is 5.91 Å². The summed E-state index contributed by atoms with van der Waals surface area (Å²) in [6.45, 7) is 2.60. The van der Waals surface area contributed by atoms with Gasteiger partial charge >= 0.3 is 0 Å². The quantitative estimate of drug-likeness (QED) is 0.811. The molecule has 24 heavy (non-hydrogen) atoms. The van der Waals surface area contributed by atoms with Crippen LogP contribution in [-0.2, 0) is 17.6 Å². The van der Waals surface area contributed by atoms with Crippen LogP contribution in [0.2, 0.25) is 0 Å². The van der Waals surface area contributed by atoms with Gasteiger partial charge in [0.25, 0.3) is 0 Å². The molecule has 1 amide bonds. The van der Waals surface area contributed by atoms with Crippen molar-refractivity contribution in [1.82, 2.24) is 5.32 Å². The number of hydrogen-bond donors (Lipinski definition) is 2. The molecule has 1 aromatic rings. The maximum atomic E-state index is 12.3. The van der Waals surface area contributed by atoms with Gasteiger partial charge in [0, 0.05) is 10.9 Å². The Morgan fingerprint density at radius 1 is 1.21 bits per heavy atom. The number of fused-ring (bicyclic) bond motifs is 1. The van der Waals surface area contributed by atoms with Crippen molar-refractivity contribution >= 4 is 22.2 Å². The molecule has 2 aliphatic carbocycles. The number of anilines is 1. The van der Waals surface area contributed by atoms with Crippen LogP contribution in [0.25, 0.3) is 0 Å². The van der Waals surface area contributed by atoms with Gasteiger partial charge in [0.05, 0.1) is 12.1 Å². The van der Waals surface area contributed by atoms with Crippen LogP contribution in [0.1, 0.15) is 67.9 Å². The molecule has 0 aromatic carbocycles. The number of aryl methyl sites for hydroxylation is 1. The zero-order valence-electron chi connectivity index (χ0n) is 14.5. The largest absolute Gasteiger partial charge is 0.315 e. The number of carbonyl (C=O) groups is 1. The summed E-state index contributed by atoms with van der Waals surface area (Å²) < 4.78 is 0. The van der Waals surface area contributed by atoms with Gasteiger partial charge in [-0.15, -0.1) is 11.3 Å². The summed E-state index contributed by atoms with van der Waals surface area (Å²) in [6, 6.07) is 2.77. The lowest BCUT2D eigenvalue weighted by Gasteiger charge is -2.29. The number of carbonyl (C=O) groups excluding carboxylic acids is 1. The lowest BCUT2D eigenvalue weighted by molar-refractivity contribution is -0.115. The minimum Gasteiger partial charge on any atom is -0.315 e. The number of nitrogens with one attached hydrogen (secondary N) is 2. The molecule has 2 atom stereocenters. The van der Waals surface area contributed by atoms with Crippen molar-refractivity contribution in [3.8, 4) is 6.07 Å². The SMILES string of the molecule is CC1CCCCC1NCC(=O)Nc1sc2c(c1C#N)CCCCC2. The van der Waals surface area contributed by atoms with Crippen molar-refractivity contribution in [1.29, 1.82) is 5.26 Å². The molecule has 0 saturated heterocycles. The van der Waals surface area contributed by atoms with E-state index in [1.165, 1.54) is 42.5 Å². The van der Waals surface area contributed by atoms with Gasteiger partial charge in [-0.05, 0) is 50.0 Å².